The number of methoxy groups -OCH3 is 2. The summed E-state index contributed by atoms with van der Waals surface area (Å²) in [5.41, 5.74) is 9.69. The number of rotatable bonds is 6. The molecule has 7 nitrogen and oxygen atoms in total. The molecule has 2 aromatic carbocycles. The summed E-state index contributed by atoms with van der Waals surface area (Å²) in [5, 5.41) is 0. The predicted octanol–water partition coefficient (Wildman–Crippen LogP) is 3.69. The van der Waals surface area contributed by atoms with Gasteiger partial charge in [-0.25, -0.2) is 9.97 Å². The molecule has 0 radical (unpaired) electrons. The second-order valence-electron chi connectivity index (χ2n) is 7.96. The Morgan fingerprint density at radius 3 is 2.16 bits per heavy atom. The first-order valence-corrected chi connectivity index (χ1v) is 10.8. The summed E-state index contributed by atoms with van der Waals surface area (Å²) < 4.78 is 10.4. The fraction of sp³-hybridized carbons (Fsp3) is 0.320. The Morgan fingerprint density at radius 2 is 1.56 bits per heavy atom. The van der Waals surface area contributed by atoms with E-state index in [1.165, 1.54) is 0 Å². The molecule has 7 heteroatoms. The quantitative estimate of drug-likeness (QED) is 0.639. The first-order valence-electron chi connectivity index (χ1n) is 10.8. The number of amides is 1. The van der Waals surface area contributed by atoms with E-state index in [-0.39, 0.29) is 11.8 Å². The molecule has 0 aliphatic carbocycles. The fourth-order valence-corrected chi connectivity index (χ4v) is 4.09. The van der Waals surface area contributed by atoms with Crippen LogP contribution in [-0.2, 0) is 6.42 Å². The van der Waals surface area contributed by atoms with Crippen molar-refractivity contribution in [1.29, 1.82) is 0 Å². The highest BCUT2D eigenvalue weighted by molar-refractivity contribution is 5.94. The minimum Gasteiger partial charge on any atom is -0.497 e. The molecule has 0 atom stereocenters. The Hall–Kier alpha value is -3.61. The van der Waals surface area contributed by atoms with Crippen molar-refractivity contribution in [1.82, 2.24) is 14.9 Å². The molecular formula is C25H28N4O3. The van der Waals surface area contributed by atoms with Crippen LogP contribution in [0, 0.1) is 0 Å². The van der Waals surface area contributed by atoms with Gasteiger partial charge >= 0.3 is 0 Å². The average molecular weight is 433 g/mol. The molecule has 2 heterocycles. The summed E-state index contributed by atoms with van der Waals surface area (Å²) in [4.78, 5) is 23.7. The topological polar surface area (TPSA) is 90.6 Å². The number of benzene rings is 2. The number of piperidine rings is 1. The van der Waals surface area contributed by atoms with Crippen LogP contribution < -0.4 is 15.2 Å². The summed E-state index contributed by atoms with van der Waals surface area (Å²) in [6.07, 6.45) is 2.37. The molecule has 1 saturated heterocycles. The fourth-order valence-electron chi connectivity index (χ4n) is 4.09. The summed E-state index contributed by atoms with van der Waals surface area (Å²) in [5.74, 6) is 2.17. The number of ether oxygens (including phenoxy) is 2. The van der Waals surface area contributed by atoms with Gasteiger partial charge in [-0.15, -0.1) is 0 Å². The Balaban J connectivity index is 1.40. The normalized spacial score (nSPS) is 14.2. The molecular weight excluding hydrogens is 404 g/mol. The largest absolute Gasteiger partial charge is 0.497 e. The third-order valence-electron chi connectivity index (χ3n) is 5.90. The highest BCUT2D eigenvalue weighted by Gasteiger charge is 2.26. The van der Waals surface area contributed by atoms with Gasteiger partial charge < -0.3 is 20.1 Å². The van der Waals surface area contributed by atoms with Gasteiger partial charge in [0.2, 0.25) is 5.95 Å². The zero-order valence-electron chi connectivity index (χ0n) is 18.5. The van der Waals surface area contributed by atoms with Gasteiger partial charge in [-0.1, -0.05) is 12.1 Å². The first kappa shape index (κ1) is 21.6. The van der Waals surface area contributed by atoms with Crippen LogP contribution >= 0.6 is 0 Å². The van der Waals surface area contributed by atoms with E-state index < -0.39 is 0 Å². The van der Waals surface area contributed by atoms with E-state index >= 15 is 0 Å². The van der Waals surface area contributed by atoms with Gasteiger partial charge in [-0.05, 0) is 60.9 Å². The SMILES string of the molecule is COc1ccc(Cc2cc(C3CCN(C(=O)c4ccc(OC)cc4)CC3)nc(N)n2)cc1. The van der Waals surface area contributed by atoms with Crippen molar-refractivity contribution in [3.8, 4) is 11.5 Å². The molecule has 1 aromatic heterocycles. The van der Waals surface area contributed by atoms with Crippen LogP contribution in [0.4, 0.5) is 5.95 Å². The number of nitrogens with two attached hydrogens (primary N) is 1. The van der Waals surface area contributed by atoms with Gasteiger partial charge in [-0.2, -0.15) is 0 Å². The van der Waals surface area contributed by atoms with Crippen molar-refractivity contribution < 1.29 is 14.3 Å². The van der Waals surface area contributed by atoms with Crippen molar-refractivity contribution in [3.63, 3.8) is 0 Å². The summed E-state index contributed by atoms with van der Waals surface area (Å²) in [6, 6.07) is 17.2. The lowest BCUT2D eigenvalue weighted by Gasteiger charge is -2.32. The first-order chi connectivity index (χ1) is 15.6. The molecule has 32 heavy (non-hydrogen) atoms. The van der Waals surface area contributed by atoms with Crippen molar-refractivity contribution in [2.45, 2.75) is 25.2 Å². The molecule has 4 rings (SSSR count). The predicted molar refractivity (Wildman–Crippen MR) is 123 cm³/mol. The lowest BCUT2D eigenvalue weighted by molar-refractivity contribution is 0.0712. The minimum atomic E-state index is 0.0495. The Morgan fingerprint density at radius 1 is 0.969 bits per heavy atom. The summed E-state index contributed by atoms with van der Waals surface area (Å²) >= 11 is 0. The molecule has 0 bridgehead atoms. The monoisotopic (exact) mass is 432 g/mol. The van der Waals surface area contributed by atoms with Crippen LogP contribution in [0.5, 0.6) is 11.5 Å². The number of nitrogens with zero attached hydrogens (tertiary/aromatic N) is 3. The summed E-state index contributed by atoms with van der Waals surface area (Å²) in [7, 11) is 3.27. The van der Waals surface area contributed by atoms with Crippen LogP contribution in [0.15, 0.2) is 54.6 Å². The third-order valence-corrected chi connectivity index (χ3v) is 5.90. The molecule has 1 aliphatic rings. The van der Waals surface area contributed by atoms with Gasteiger partial charge in [0.15, 0.2) is 0 Å². The highest BCUT2D eigenvalue weighted by atomic mass is 16.5. The third kappa shape index (κ3) is 4.99. The zero-order valence-corrected chi connectivity index (χ0v) is 18.5. The molecule has 166 valence electrons. The molecule has 0 unspecified atom stereocenters. The molecule has 2 N–H and O–H groups in total. The van der Waals surface area contributed by atoms with E-state index in [0.29, 0.717) is 31.0 Å². The van der Waals surface area contributed by atoms with E-state index in [0.717, 1.165) is 41.3 Å². The van der Waals surface area contributed by atoms with E-state index in [9.17, 15) is 4.79 Å². The lowest BCUT2D eigenvalue weighted by atomic mass is 9.92. The van der Waals surface area contributed by atoms with Gasteiger partial charge in [0.1, 0.15) is 11.5 Å². The van der Waals surface area contributed by atoms with E-state index in [1.54, 1.807) is 14.2 Å². The number of likely N-dealkylation sites (tertiary alicyclic amines) is 1. The standard InChI is InChI=1S/C25H28N4O3/c1-31-21-7-3-17(4-8-21)15-20-16-23(28-25(26)27-20)18-11-13-29(14-12-18)24(30)19-5-9-22(32-2)10-6-19/h3-10,16,18H,11-15H2,1-2H3,(H2,26,27,28). The number of carbonyl (C=O) groups excluding carboxylic acids is 1. The molecule has 0 saturated carbocycles. The second kappa shape index (κ2) is 9.68. The highest BCUT2D eigenvalue weighted by Crippen LogP contribution is 2.29. The van der Waals surface area contributed by atoms with E-state index in [2.05, 4.69) is 9.97 Å². The molecule has 1 aliphatic heterocycles. The second-order valence-corrected chi connectivity index (χ2v) is 7.96. The van der Waals surface area contributed by atoms with Crippen molar-refractivity contribution >= 4 is 11.9 Å². The number of hydrogen-bond donors (Lipinski definition) is 1. The van der Waals surface area contributed by atoms with Crippen LogP contribution in [0.25, 0.3) is 0 Å². The molecule has 3 aromatic rings. The smallest absolute Gasteiger partial charge is 0.253 e. The number of carbonyl (C=O) groups is 1. The summed E-state index contributed by atoms with van der Waals surface area (Å²) in [6.45, 7) is 1.38. The minimum absolute atomic E-state index is 0.0495. The van der Waals surface area contributed by atoms with E-state index in [4.69, 9.17) is 15.2 Å². The zero-order chi connectivity index (χ0) is 22.5. The Bertz CT molecular complexity index is 1060. The van der Waals surface area contributed by atoms with Gasteiger partial charge in [0, 0.05) is 36.7 Å². The Kier molecular flexibility index (Phi) is 6.54. The number of nitrogen functional groups attached to an aromatic ring is 1. The number of aromatic nitrogens is 2. The Labute approximate surface area is 188 Å². The van der Waals surface area contributed by atoms with Crippen molar-refractivity contribution in [2.24, 2.45) is 0 Å². The van der Waals surface area contributed by atoms with Crippen LogP contribution in [-0.4, -0.2) is 48.1 Å². The molecule has 0 spiro atoms. The van der Waals surface area contributed by atoms with Crippen molar-refractivity contribution in [3.05, 3.63) is 77.1 Å². The van der Waals surface area contributed by atoms with Gasteiger partial charge in [-0.3, -0.25) is 4.79 Å². The lowest BCUT2D eigenvalue weighted by Crippen LogP contribution is -2.38. The van der Waals surface area contributed by atoms with Crippen LogP contribution in [0.2, 0.25) is 0 Å². The van der Waals surface area contributed by atoms with E-state index in [1.807, 2.05) is 59.5 Å². The van der Waals surface area contributed by atoms with Crippen molar-refractivity contribution in [2.75, 3.05) is 33.0 Å². The number of anilines is 1. The maximum Gasteiger partial charge on any atom is 0.253 e. The van der Waals surface area contributed by atoms with Crippen LogP contribution in [0.3, 0.4) is 0 Å². The van der Waals surface area contributed by atoms with Gasteiger partial charge in [0.05, 0.1) is 19.9 Å². The number of hydrogen-bond acceptors (Lipinski definition) is 6. The molecule has 1 amide bonds. The molecule has 1 fully saturated rings. The maximum absolute atomic E-state index is 12.8. The average Bonchev–Trinajstić information content (AvgIpc) is 2.84. The van der Waals surface area contributed by atoms with Crippen LogP contribution in [0.1, 0.15) is 46.1 Å². The van der Waals surface area contributed by atoms with Gasteiger partial charge in [0.25, 0.3) is 5.91 Å². The maximum atomic E-state index is 12.8.